The molecule has 0 aliphatic heterocycles. The molecule has 112 valence electrons. The second-order valence-corrected chi connectivity index (χ2v) is 4.61. The van der Waals surface area contributed by atoms with E-state index in [9.17, 15) is 4.79 Å². The number of ether oxygens (including phenoxy) is 3. The van der Waals surface area contributed by atoms with Gasteiger partial charge in [0.15, 0.2) is 0 Å². The standard InChI is InChI=1S/C15H23NO4/c1-11-9-13(16)10-14(12(11)2)15(17)20-8-7-19-6-4-5-18-3/h9-10H,4-8,16H2,1-3H3. The van der Waals surface area contributed by atoms with Crippen LogP contribution in [0, 0.1) is 13.8 Å². The van der Waals surface area contributed by atoms with E-state index in [2.05, 4.69) is 0 Å². The molecule has 5 heteroatoms. The van der Waals surface area contributed by atoms with E-state index >= 15 is 0 Å². The van der Waals surface area contributed by atoms with Gasteiger partial charge in [-0.2, -0.15) is 0 Å². The van der Waals surface area contributed by atoms with Crippen molar-refractivity contribution in [2.45, 2.75) is 20.3 Å². The third kappa shape index (κ3) is 5.19. The van der Waals surface area contributed by atoms with E-state index in [1.165, 1.54) is 0 Å². The summed E-state index contributed by atoms with van der Waals surface area (Å²) in [6, 6.07) is 3.48. The van der Waals surface area contributed by atoms with Crippen LogP contribution in [0.3, 0.4) is 0 Å². The minimum Gasteiger partial charge on any atom is -0.460 e. The van der Waals surface area contributed by atoms with Crippen molar-refractivity contribution in [3.63, 3.8) is 0 Å². The Morgan fingerprint density at radius 3 is 2.60 bits per heavy atom. The Morgan fingerprint density at radius 2 is 1.90 bits per heavy atom. The van der Waals surface area contributed by atoms with E-state index in [1.807, 2.05) is 19.9 Å². The molecule has 1 aromatic carbocycles. The lowest BCUT2D eigenvalue weighted by Crippen LogP contribution is -2.13. The van der Waals surface area contributed by atoms with Crippen LogP contribution in [0.5, 0.6) is 0 Å². The molecule has 0 aliphatic carbocycles. The van der Waals surface area contributed by atoms with E-state index in [0.29, 0.717) is 31.1 Å². The summed E-state index contributed by atoms with van der Waals surface area (Å²) in [5.74, 6) is -0.363. The first-order valence-corrected chi connectivity index (χ1v) is 6.66. The predicted octanol–water partition coefficient (Wildman–Crippen LogP) is 2.10. The molecule has 0 fully saturated rings. The number of methoxy groups -OCH3 is 1. The number of anilines is 1. The van der Waals surface area contributed by atoms with Gasteiger partial charge in [-0.15, -0.1) is 0 Å². The van der Waals surface area contributed by atoms with Gasteiger partial charge in [-0.05, 0) is 43.5 Å². The topological polar surface area (TPSA) is 70.8 Å². The molecule has 0 spiro atoms. The normalized spacial score (nSPS) is 10.6. The summed E-state index contributed by atoms with van der Waals surface area (Å²) in [6.45, 7) is 5.69. The van der Waals surface area contributed by atoms with Crippen molar-refractivity contribution in [2.24, 2.45) is 0 Å². The molecule has 0 saturated heterocycles. The minimum absolute atomic E-state index is 0.235. The molecule has 20 heavy (non-hydrogen) atoms. The molecule has 0 aliphatic rings. The van der Waals surface area contributed by atoms with Gasteiger partial charge in [0.1, 0.15) is 6.61 Å². The van der Waals surface area contributed by atoms with Crippen LogP contribution in [0.4, 0.5) is 5.69 Å². The predicted molar refractivity (Wildman–Crippen MR) is 77.9 cm³/mol. The molecule has 0 bridgehead atoms. The zero-order valence-corrected chi connectivity index (χ0v) is 12.4. The van der Waals surface area contributed by atoms with Gasteiger partial charge in [-0.3, -0.25) is 0 Å². The number of carbonyl (C=O) groups is 1. The summed E-state index contributed by atoms with van der Waals surface area (Å²) >= 11 is 0. The van der Waals surface area contributed by atoms with Crippen LogP contribution in [0.1, 0.15) is 27.9 Å². The fourth-order valence-corrected chi connectivity index (χ4v) is 1.78. The number of rotatable bonds is 8. The van der Waals surface area contributed by atoms with Gasteiger partial charge in [-0.1, -0.05) is 0 Å². The fourth-order valence-electron chi connectivity index (χ4n) is 1.78. The van der Waals surface area contributed by atoms with Gasteiger partial charge in [0.05, 0.1) is 12.2 Å². The van der Waals surface area contributed by atoms with Crippen LogP contribution < -0.4 is 5.73 Å². The highest BCUT2D eigenvalue weighted by Crippen LogP contribution is 2.18. The fraction of sp³-hybridized carbons (Fsp3) is 0.533. The summed E-state index contributed by atoms with van der Waals surface area (Å²) in [7, 11) is 1.65. The zero-order chi connectivity index (χ0) is 15.0. The van der Waals surface area contributed by atoms with Crippen LogP contribution in [0.2, 0.25) is 0 Å². The van der Waals surface area contributed by atoms with E-state index < -0.39 is 0 Å². The van der Waals surface area contributed by atoms with E-state index in [-0.39, 0.29) is 12.6 Å². The Balaban J connectivity index is 2.36. The number of nitrogens with two attached hydrogens (primary N) is 1. The molecule has 2 N–H and O–H groups in total. The molecule has 0 atom stereocenters. The second kappa shape index (κ2) is 8.55. The van der Waals surface area contributed by atoms with Crippen LogP contribution in [-0.4, -0.2) is 39.5 Å². The number of aryl methyl sites for hydroxylation is 1. The monoisotopic (exact) mass is 281 g/mol. The molecule has 0 unspecified atom stereocenters. The maximum atomic E-state index is 12.0. The first-order chi connectivity index (χ1) is 9.56. The summed E-state index contributed by atoms with van der Waals surface area (Å²) in [5, 5.41) is 0. The summed E-state index contributed by atoms with van der Waals surface area (Å²) in [5.41, 5.74) is 8.70. The highest BCUT2D eigenvalue weighted by molar-refractivity contribution is 5.92. The highest BCUT2D eigenvalue weighted by atomic mass is 16.6. The van der Waals surface area contributed by atoms with Crippen molar-refractivity contribution in [1.29, 1.82) is 0 Å². The molecule has 1 rings (SSSR count). The van der Waals surface area contributed by atoms with Crippen molar-refractivity contribution in [1.82, 2.24) is 0 Å². The SMILES string of the molecule is COCCCOCCOC(=O)c1cc(N)cc(C)c1C. The molecule has 0 amide bonds. The number of benzene rings is 1. The van der Waals surface area contributed by atoms with Crippen molar-refractivity contribution >= 4 is 11.7 Å². The lowest BCUT2D eigenvalue weighted by atomic mass is 10.0. The Kier molecular flexibility index (Phi) is 7.04. The maximum absolute atomic E-state index is 12.0. The van der Waals surface area contributed by atoms with Gasteiger partial charge >= 0.3 is 5.97 Å². The first kappa shape index (κ1) is 16.5. The number of carbonyl (C=O) groups excluding carboxylic acids is 1. The molecule has 1 aromatic rings. The molecular weight excluding hydrogens is 258 g/mol. The van der Waals surface area contributed by atoms with Crippen LogP contribution in [0.15, 0.2) is 12.1 Å². The molecule has 0 aromatic heterocycles. The van der Waals surface area contributed by atoms with Crippen LogP contribution >= 0.6 is 0 Å². The molecule has 5 nitrogen and oxygen atoms in total. The third-order valence-electron chi connectivity index (χ3n) is 3.01. The van der Waals surface area contributed by atoms with E-state index in [0.717, 1.165) is 17.5 Å². The molecular formula is C15H23NO4. The Hall–Kier alpha value is -1.59. The summed E-state index contributed by atoms with van der Waals surface area (Å²) in [6.07, 6.45) is 0.831. The van der Waals surface area contributed by atoms with Crippen molar-refractivity contribution in [2.75, 3.05) is 39.3 Å². The largest absolute Gasteiger partial charge is 0.460 e. The first-order valence-electron chi connectivity index (χ1n) is 6.66. The average molecular weight is 281 g/mol. The lowest BCUT2D eigenvalue weighted by molar-refractivity contribution is 0.0287. The molecule has 0 radical (unpaired) electrons. The smallest absolute Gasteiger partial charge is 0.338 e. The van der Waals surface area contributed by atoms with Crippen LogP contribution in [-0.2, 0) is 14.2 Å². The van der Waals surface area contributed by atoms with Crippen molar-refractivity contribution in [3.05, 3.63) is 28.8 Å². The zero-order valence-electron chi connectivity index (χ0n) is 12.4. The Bertz CT molecular complexity index is 446. The Morgan fingerprint density at radius 1 is 1.15 bits per heavy atom. The van der Waals surface area contributed by atoms with Gasteiger partial charge in [0.2, 0.25) is 0 Å². The third-order valence-corrected chi connectivity index (χ3v) is 3.01. The lowest BCUT2D eigenvalue weighted by Gasteiger charge is -2.10. The quantitative estimate of drug-likeness (QED) is 0.449. The van der Waals surface area contributed by atoms with Crippen LogP contribution in [0.25, 0.3) is 0 Å². The van der Waals surface area contributed by atoms with Crippen molar-refractivity contribution < 1.29 is 19.0 Å². The van der Waals surface area contributed by atoms with E-state index in [4.69, 9.17) is 19.9 Å². The number of hydrogen-bond acceptors (Lipinski definition) is 5. The van der Waals surface area contributed by atoms with E-state index in [1.54, 1.807) is 13.2 Å². The summed E-state index contributed by atoms with van der Waals surface area (Å²) in [4.78, 5) is 12.0. The maximum Gasteiger partial charge on any atom is 0.338 e. The summed E-state index contributed by atoms with van der Waals surface area (Å²) < 4.78 is 15.4. The second-order valence-electron chi connectivity index (χ2n) is 4.61. The number of esters is 1. The van der Waals surface area contributed by atoms with Gasteiger partial charge in [0.25, 0.3) is 0 Å². The molecule has 0 saturated carbocycles. The van der Waals surface area contributed by atoms with Gasteiger partial charge in [0, 0.05) is 26.0 Å². The average Bonchev–Trinajstić information content (AvgIpc) is 2.41. The van der Waals surface area contributed by atoms with Crippen molar-refractivity contribution in [3.8, 4) is 0 Å². The number of nitrogen functional groups attached to an aromatic ring is 1. The van der Waals surface area contributed by atoms with Gasteiger partial charge < -0.3 is 19.9 Å². The molecule has 0 heterocycles. The highest BCUT2D eigenvalue weighted by Gasteiger charge is 2.12. The number of hydrogen-bond donors (Lipinski definition) is 1. The minimum atomic E-state index is -0.363. The van der Waals surface area contributed by atoms with Gasteiger partial charge in [-0.25, -0.2) is 4.79 Å². The Labute approximate surface area is 120 Å².